The first-order chi connectivity index (χ1) is 13.3. The summed E-state index contributed by atoms with van der Waals surface area (Å²) in [5, 5.41) is 0. The van der Waals surface area contributed by atoms with E-state index < -0.39 is 0 Å². The summed E-state index contributed by atoms with van der Waals surface area (Å²) in [6, 6.07) is 17.1. The molecule has 0 spiro atoms. The van der Waals surface area contributed by atoms with Gasteiger partial charge in [-0.2, -0.15) is 4.89 Å². The first-order valence-electron chi connectivity index (χ1n) is 10.0. The molecule has 1 saturated heterocycles. The molecule has 0 bridgehead atoms. The van der Waals surface area contributed by atoms with Crippen LogP contribution in [0.5, 0.6) is 5.75 Å². The van der Waals surface area contributed by atoms with Crippen LogP contribution in [0.2, 0.25) is 0 Å². The van der Waals surface area contributed by atoms with E-state index in [2.05, 4.69) is 70.2 Å². The molecule has 2 aliphatic heterocycles. The number of hydrogen-bond donors (Lipinski definition) is 0. The Morgan fingerprint density at radius 3 is 2.59 bits per heavy atom. The molecule has 5 nitrogen and oxygen atoms in total. The van der Waals surface area contributed by atoms with Crippen molar-refractivity contribution in [3.63, 3.8) is 0 Å². The van der Waals surface area contributed by atoms with Crippen LogP contribution >= 0.6 is 0 Å². The van der Waals surface area contributed by atoms with Crippen LogP contribution in [-0.2, 0) is 11.5 Å². The second-order valence-electron chi connectivity index (χ2n) is 7.24. The maximum Gasteiger partial charge on any atom is 0.173 e. The number of para-hydroxylation sites is 1. The lowest BCUT2D eigenvalue weighted by Gasteiger charge is -2.36. The van der Waals surface area contributed by atoms with Gasteiger partial charge < -0.3 is 14.7 Å². The average Bonchev–Trinajstić information content (AvgIpc) is 3.20. The molecule has 0 aromatic heterocycles. The molecule has 0 atom stereocenters. The van der Waals surface area contributed by atoms with Gasteiger partial charge in [0.1, 0.15) is 6.61 Å². The molecule has 2 aliphatic rings. The van der Waals surface area contributed by atoms with E-state index >= 15 is 0 Å². The monoisotopic (exact) mass is 367 g/mol. The van der Waals surface area contributed by atoms with E-state index in [9.17, 15) is 0 Å². The molecule has 1 fully saturated rings. The summed E-state index contributed by atoms with van der Waals surface area (Å²) < 4.78 is 0. The van der Waals surface area contributed by atoms with Gasteiger partial charge in [-0.15, -0.1) is 0 Å². The Morgan fingerprint density at radius 1 is 1.00 bits per heavy atom. The summed E-state index contributed by atoms with van der Waals surface area (Å²) in [5.41, 5.74) is 3.69. The summed E-state index contributed by atoms with van der Waals surface area (Å²) in [6.07, 6.45) is 1.17. The highest BCUT2D eigenvalue weighted by Gasteiger charge is 2.18. The third-order valence-electron chi connectivity index (χ3n) is 5.56. The standard InChI is InChI=1S/C22H29N3O2/c1-2-24(21-10-9-19-18-26-27-22(19)17-21)12-6-11-23-13-15-25(16-14-23)20-7-4-3-5-8-20/h3-5,7-10,17H,2,6,11-16,18H2,1H3. The molecule has 0 unspecified atom stereocenters. The van der Waals surface area contributed by atoms with Crippen molar-refractivity contribution in [2.45, 2.75) is 20.0 Å². The first kappa shape index (κ1) is 18.1. The fraction of sp³-hybridized carbons (Fsp3) is 0.455. The smallest absolute Gasteiger partial charge is 0.173 e. The van der Waals surface area contributed by atoms with Crippen LogP contribution in [0.1, 0.15) is 18.9 Å². The second kappa shape index (κ2) is 8.63. The maximum absolute atomic E-state index is 5.24. The third kappa shape index (κ3) is 4.37. The molecule has 0 radical (unpaired) electrons. The number of nitrogens with zero attached hydrogens (tertiary/aromatic N) is 3. The zero-order valence-corrected chi connectivity index (χ0v) is 16.1. The highest BCUT2D eigenvalue weighted by molar-refractivity contribution is 5.54. The van der Waals surface area contributed by atoms with Crippen LogP contribution < -0.4 is 14.7 Å². The quantitative estimate of drug-likeness (QED) is 0.698. The third-order valence-corrected chi connectivity index (χ3v) is 5.56. The molecule has 27 heavy (non-hydrogen) atoms. The fourth-order valence-electron chi connectivity index (χ4n) is 3.92. The van der Waals surface area contributed by atoms with E-state index in [0.29, 0.717) is 6.61 Å². The van der Waals surface area contributed by atoms with Crippen LogP contribution in [0.15, 0.2) is 48.5 Å². The van der Waals surface area contributed by atoms with Crippen molar-refractivity contribution >= 4 is 11.4 Å². The molecule has 0 saturated carbocycles. The van der Waals surface area contributed by atoms with E-state index in [0.717, 1.165) is 57.1 Å². The van der Waals surface area contributed by atoms with E-state index in [-0.39, 0.29) is 0 Å². The molecule has 0 aliphatic carbocycles. The van der Waals surface area contributed by atoms with E-state index in [4.69, 9.17) is 9.78 Å². The Morgan fingerprint density at radius 2 is 1.81 bits per heavy atom. The lowest BCUT2D eigenvalue weighted by atomic mass is 10.1. The summed E-state index contributed by atoms with van der Waals surface area (Å²) in [6.45, 7) is 10.5. The molecular weight excluding hydrogens is 338 g/mol. The van der Waals surface area contributed by atoms with Crippen molar-refractivity contribution < 1.29 is 9.78 Å². The van der Waals surface area contributed by atoms with Gasteiger partial charge in [0.15, 0.2) is 5.75 Å². The number of hydrogen-bond acceptors (Lipinski definition) is 5. The van der Waals surface area contributed by atoms with Crippen molar-refractivity contribution in [2.75, 3.05) is 55.6 Å². The van der Waals surface area contributed by atoms with Gasteiger partial charge in [0, 0.05) is 62.3 Å². The van der Waals surface area contributed by atoms with Crippen molar-refractivity contribution in [2.24, 2.45) is 0 Å². The van der Waals surface area contributed by atoms with Gasteiger partial charge in [0.2, 0.25) is 0 Å². The number of fused-ring (bicyclic) bond motifs is 1. The summed E-state index contributed by atoms with van der Waals surface area (Å²) in [4.78, 5) is 17.8. The Balaban J connectivity index is 1.23. The average molecular weight is 367 g/mol. The van der Waals surface area contributed by atoms with E-state index in [1.807, 2.05) is 0 Å². The zero-order chi connectivity index (χ0) is 18.5. The minimum atomic E-state index is 0.552. The highest BCUT2D eigenvalue weighted by Crippen LogP contribution is 2.30. The maximum atomic E-state index is 5.24. The van der Waals surface area contributed by atoms with Crippen LogP contribution in [-0.4, -0.2) is 50.7 Å². The Bertz CT molecular complexity index is 730. The van der Waals surface area contributed by atoms with Crippen LogP contribution in [0.4, 0.5) is 11.4 Å². The minimum Gasteiger partial charge on any atom is -0.372 e. The van der Waals surface area contributed by atoms with Crippen LogP contribution in [0.3, 0.4) is 0 Å². The van der Waals surface area contributed by atoms with Crippen LogP contribution in [0.25, 0.3) is 0 Å². The number of anilines is 2. The van der Waals surface area contributed by atoms with Crippen molar-refractivity contribution in [1.82, 2.24) is 4.90 Å². The fourth-order valence-corrected chi connectivity index (χ4v) is 3.92. The van der Waals surface area contributed by atoms with Gasteiger partial charge in [0.25, 0.3) is 0 Å². The lowest BCUT2D eigenvalue weighted by Crippen LogP contribution is -2.47. The van der Waals surface area contributed by atoms with E-state index in [1.165, 1.54) is 17.8 Å². The Hall–Kier alpha value is -2.24. The summed E-state index contributed by atoms with van der Waals surface area (Å²) in [7, 11) is 0. The van der Waals surface area contributed by atoms with Crippen molar-refractivity contribution in [3.05, 3.63) is 54.1 Å². The second-order valence-corrected chi connectivity index (χ2v) is 7.24. The van der Waals surface area contributed by atoms with Gasteiger partial charge in [-0.25, -0.2) is 0 Å². The highest BCUT2D eigenvalue weighted by atomic mass is 17.2. The van der Waals surface area contributed by atoms with Gasteiger partial charge in [-0.1, -0.05) is 24.3 Å². The zero-order valence-electron chi connectivity index (χ0n) is 16.1. The molecular formula is C22H29N3O2. The molecule has 2 aromatic carbocycles. The Labute approximate surface area is 162 Å². The van der Waals surface area contributed by atoms with Gasteiger partial charge in [-0.3, -0.25) is 4.90 Å². The predicted octanol–water partition coefficient (Wildman–Crippen LogP) is 3.55. The molecule has 0 amide bonds. The van der Waals surface area contributed by atoms with Gasteiger partial charge >= 0.3 is 0 Å². The minimum absolute atomic E-state index is 0.552. The largest absolute Gasteiger partial charge is 0.372 e. The summed E-state index contributed by atoms with van der Waals surface area (Å²) >= 11 is 0. The lowest BCUT2D eigenvalue weighted by molar-refractivity contribution is -0.194. The van der Waals surface area contributed by atoms with Crippen LogP contribution in [0, 0.1) is 0 Å². The van der Waals surface area contributed by atoms with Crippen molar-refractivity contribution in [1.29, 1.82) is 0 Å². The SMILES string of the molecule is CCN(CCCN1CCN(c2ccccc2)CC1)c1ccc2c(c1)OOC2. The number of piperazine rings is 1. The molecule has 5 heteroatoms. The molecule has 4 rings (SSSR count). The molecule has 144 valence electrons. The molecule has 0 N–H and O–H groups in total. The molecule has 2 aromatic rings. The first-order valence-corrected chi connectivity index (χ1v) is 10.0. The normalized spacial score (nSPS) is 16.9. The Kier molecular flexibility index (Phi) is 5.80. The molecule has 2 heterocycles. The van der Waals surface area contributed by atoms with Gasteiger partial charge in [0.05, 0.1) is 0 Å². The van der Waals surface area contributed by atoms with Gasteiger partial charge in [-0.05, 0) is 38.1 Å². The number of benzene rings is 2. The van der Waals surface area contributed by atoms with Crippen molar-refractivity contribution in [3.8, 4) is 5.75 Å². The van der Waals surface area contributed by atoms with E-state index in [1.54, 1.807) is 0 Å². The number of rotatable bonds is 7. The predicted molar refractivity (Wildman–Crippen MR) is 109 cm³/mol. The summed E-state index contributed by atoms with van der Waals surface area (Å²) in [5.74, 6) is 0.864. The topological polar surface area (TPSA) is 28.2 Å².